The molecule has 3 nitrogen and oxygen atoms in total. The number of benzene rings is 2. The van der Waals surface area contributed by atoms with E-state index < -0.39 is 0 Å². The van der Waals surface area contributed by atoms with Crippen molar-refractivity contribution in [3.8, 4) is 5.75 Å². The van der Waals surface area contributed by atoms with E-state index in [2.05, 4.69) is 15.9 Å². The Morgan fingerprint density at radius 2 is 1.94 bits per heavy atom. The van der Waals surface area contributed by atoms with Crippen molar-refractivity contribution in [1.29, 1.82) is 0 Å². The van der Waals surface area contributed by atoms with Crippen LogP contribution in [0.4, 0.5) is 5.69 Å². The summed E-state index contributed by atoms with van der Waals surface area (Å²) in [6.07, 6.45) is 0. The lowest BCUT2D eigenvalue weighted by molar-refractivity contribution is 0.278. The van der Waals surface area contributed by atoms with Crippen LogP contribution in [0, 0.1) is 0 Å². The Bertz CT molecular complexity index is 523. The molecule has 0 aliphatic rings. The molecular weight excluding hydrogens is 294 g/mol. The first-order chi connectivity index (χ1) is 8.67. The monoisotopic (exact) mass is 307 g/mol. The zero-order valence-corrected chi connectivity index (χ0v) is 11.4. The normalized spacial score (nSPS) is 10.3. The number of rotatable bonds is 4. The largest absolute Gasteiger partial charge is 0.489 e. The summed E-state index contributed by atoms with van der Waals surface area (Å²) in [6.45, 7) is 0.458. The minimum Gasteiger partial charge on any atom is -0.489 e. The summed E-state index contributed by atoms with van der Waals surface area (Å²) in [4.78, 5) is 0. The Labute approximate surface area is 114 Å². The standard InChI is InChI=1S/C14H14BrNO2/c15-12-4-11(5-13(16)7-12)9-18-14-3-1-2-10(6-14)8-17/h1-7,17H,8-9,16H2. The molecule has 0 radical (unpaired) electrons. The second kappa shape index (κ2) is 5.89. The molecule has 0 aromatic heterocycles. The molecule has 0 heterocycles. The van der Waals surface area contributed by atoms with Crippen molar-refractivity contribution >= 4 is 21.6 Å². The molecule has 0 amide bonds. The number of hydrogen-bond acceptors (Lipinski definition) is 3. The molecule has 0 spiro atoms. The topological polar surface area (TPSA) is 55.5 Å². The maximum atomic E-state index is 9.04. The van der Waals surface area contributed by atoms with E-state index in [1.807, 2.05) is 42.5 Å². The van der Waals surface area contributed by atoms with Crippen molar-refractivity contribution in [2.45, 2.75) is 13.2 Å². The van der Waals surface area contributed by atoms with Crippen LogP contribution >= 0.6 is 15.9 Å². The minimum absolute atomic E-state index is 0.0149. The molecule has 94 valence electrons. The Morgan fingerprint density at radius 1 is 1.11 bits per heavy atom. The molecule has 2 aromatic carbocycles. The van der Waals surface area contributed by atoms with Crippen LogP contribution in [0.15, 0.2) is 46.9 Å². The van der Waals surface area contributed by atoms with Crippen molar-refractivity contribution in [2.24, 2.45) is 0 Å². The van der Waals surface area contributed by atoms with E-state index in [1.54, 1.807) is 0 Å². The van der Waals surface area contributed by atoms with Gasteiger partial charge in [-0.1, -0.05) is 28.1 Å². The molecule has 0 aliphatic carbocycles. The van der Waals surface area contributed by atoms with Crippen molar-refractivity contribution in [3.05, 3.63) is 58.1 Å². The fourth-order valence-electron chi connectivity index (χ4n) is 1.66. The van der Waals surface area contributed by atoms with E-state index in [9.17, 15) is 0 Å². The fraction of sp³-hybridized carbons (Fsp3) is 0.143. The van der Waals surface area contributed by atoms with Gasteiger partial charge < -0.3 is 15.6 Å². The number of halogens is 1. The highest BCUT2D eigenvalue weighted by Crippen LogP contribution is 2.20. The van der Waals surface area contributed by atoms with Gasteiger partial charge in [0.25, 0.3) is 0 Å². The lowest BCUT2D eigenvalue weighted by atomic mass is 10.2. The highest BCUT2D eigenvalue weighted by Gasteiger charge is 2.00. The average Bonchev–Trinajstić information content (AvgIpc) is 2.35. The SMILES string of the molecule is Nc1cc(Br)cc(COc2cccc(CO)c2)c1. The number of nitrogens with two attached hydrogens (primary N) is 1. The summed E-state index contributed by atoms with van der Waals surface area (Å²) in [5.74, 6) is 0.736. The molecule has 0 fully saturated rings. The van der Waals surface area contributed by atoms with Crippen molar-refractivity contribution in [1.82, 2.24) is 0 Å². The smallest absolute Gasteiger partial charge is 0.120 e. The summed E-state index contributed by atoms with van der Waals surface area (Å²) < 4.78 is 6.59. The quantitative estimate of drug-likeness (QED) is 0.853. The highest BCUT2D eigenvalue weighted by molar-refractivity contribution is 9.10. The van der Waals surface area contributed by atoms with Crippen LogP contribution in [0.2, 0.25) is 0 Å². The molecule has 0 aliphatic heterocycles. The number of aliphatic hydroxyl groups is 1. The van der Waals surface area contributed by atoms with Gasteiger partial charge in [0.2, 0.25) is 0 Å². The zero-order valence-electron chi connectivity index (χ0n) is 9.77. The number of anilines is 1. The Balaban J connectivity index is 2.06. The van der Waals surface area contributed by atoms with Crippen LogP contribution in [0.1, 0.15) is 11.1 Å². The summed E-state index contributed by atoms with van der Waals surface area (Å²) in [5.41, 5.74) is 8.29. The van der Waals surface area contributed by atoms with Crippen molar-refractivity contribution in [2.75, 3.05) is 5.73 Å². The summed E-state index contributed by atoms with van der Waals surface area (Å²) in [5, 5.41) is 9.04. The van der Waals surface area contributed by atoms with Gasteiger partial charge in [-0.2, -0.15) is 0 Å². The molecule has 18 heavy (non-hydrogen) atoms. The predicted molar refractivity (Wildman–Crippen MR) is 75.3 cm³/mol. The molecule has 0 unspecified atom stereocenters. The second-order valence-electron chi connectivity index (χ2n) is 3.99. The molecule has 0 saturated carbocycles. The average molecular weight is 308 g/mol. The summed E-state index contributed by atoms with van der Waals surface area (Å²) >= 11 is 3.39. The third kappa shape index (κ3) is 3.48. The van der Waals surface area contributed by atoms with Gasteiger partial charge in [0.1, 0.15) is 12.4 Å². The first kappa shape index (κ1) is 12.9. The molecule has 3 N–H and O–H groups in total. The first-order valence-electron chi connectivity index (χ1n) is 5.55. The molecule has 2 aromatic rings. The minimum atomic E-state index is 0.0149. The van der Waals surface area contributed by atoms with E-state index in [-0.39, 0.29) is 6.61 Å². The number of aliphatic hydroxyl groups excluding tert-OH is 1. The number of ether oxygens (including phenoxy) is 1. The highest BCUT2D eigenvalue weighted by atomic mass is 79.9. The molecule has 0 bridgehead atoms. The van der Waals surface area contributed by atoms with Gasteiger partial charge in [-0.05, 0) is 41.5 Å². The van der Waals surface area contributed by atoms with Gasteiger partial charge in [-0.15, -0.1) is 0 Å². The Kier molecular flexibility index (Phi) is 4.23. The molecule has 0 saturated heterocycles. The van der Waals surface area contributed by atoms with Crippen LogP contribution in [0.25, 0.3) is 0 Å². The van der Waals surface area contributed by atoms with Gasteiger partial charge >= 0.3 is 0 Å². The van der Waals surface area contributed by atoms with Crippen LogP contribution < -0.4 is 10.5 Å². The van der Waals surface area contributed by atoms with Crippen LogP contribution in [0.5, 0.6) is 5.75 Å². The van der Waals surface area contributed by atoms with E-state index >= 15 is 0 Å². The van der Waals surface area contributed by atoms with Gasteiger partial charge in [0.05, 0.1) is 6.61 Å². The molecule has 4 heteroatoms. The Hall–Kier alpha value is -1.52. The number of nitrogen functional groups attached to an aromatic ring is 1. The second-order valence-corrected chi connectivity index (χ2v) is 4.90. The van der Waals surface area contributed by atoms with Crippen LogP contribution in [0.3, 0.4) is 0 Å². The lowest BCUT2D eigenvalue weighted by Gasteiger charge is -2.08. The summed E-state index contributed by atoms with van der Waals surface area (Å²) in [7, 11) is 0. The van der Waals surface area contributed by atoms with Gasteiger partial charge in [-0.3, -0.25) is 0 Å². The maximum absolute atomic E-state index is 9.04. The maximum Gasteiger partial charge on any atom is 0.120 e. The third-order valence-electron chi connectivity index (χ3n) is 2.47. The fourth-order valence-corrected chi connectivity index (χ4v) is 2.22. The van der Waals surface area contributed by atoms with Crippen LogP contribution in [-0.2, 0) is 13.2 Å². The number of hydrogen-bond donors (Lipinski definition) is 2. The van der Waals surface area contributed by atoms with Crippen molar-refractivity contribution < 1.29 is 9.84 Å². The third-order valence-corrected chi connectivity index (χ3v) is 2.92. The molecule has 2 rings (SSSR count). The zero-order chi connectivity index (χ0) is 13.0. The first-order valence-corrected chi connectivity index (χ1v) is 6.34. The van der Waals surface area contributed by atoms with Crippen LogP contribution in [-0.4, -0.2) is 5.11 Å². The van der Waals surface area contributed by atoms with Crippen molar-refractivity contribution in [3.63, 3.8) is 0 Å². The molecular formula is C14H14BrNO2. The Morgan fingerprint density at radius 3 is 2.67 bits per heavy atom. The molecule has 0 atom stereocenters. The van der Waals surface area contributed by atoms with E-state index in [0.717, 1.165) is 21.3 Å². The van der Waals surface area contributed by atoms with Gasteiger partial charge in [0, 0.05) is 10.2 Å². The lowest BCUT2D eigenvalue weighted by Crippen LogP contribution is -1.97. The predicted octanol–water partition coefficient (Wildman–Crippen LogP) is 3.10. The van der Waals surface area contributed by atoms with Gasteiger partial charge in [0.15, 0.2) is 0 Å². The summed E-state index contributed by atoms with van der Waals surface area (Å²) in [6, 6.07) is 13.1. The van der Waals surface area contributed by atoms with E-state index in [1.165, 1.54) is 0 Å². The van der Waals surface area contributed by atoms with Gasteiger partial charge in [-0.25, -0.2) is 0 Å². The van der Waals surface area contributed by atoms with E-state index in [4.69, 9.17) is 15.6 Å². The van der Waals surface area contributed by atoms with E-state index in [0.29, 0.717) is 12.3 Å².